The number of thioether (sulfide) groups is 1. The highest BCUT2D eigenvalue weighted by Crippen LogP contribution is 2.31. The molecule has 3 rings (SSSR count). The van der Waals surface area contributed by atoms with Crippen LogP contribution in [-0.4, -0.2) is 47.8 Å². The second kappa shape index (κ2) is 8.24. The van der Waals surface area contributed by atoms with Gasteiger partial charge in [-0.25, -0.2) is 8.42 Å². The minimum atomic E-state index is -3.23. The van der Waals surface area contributed by atoms with Gasteiger partial charge in [0.2, 0.25) is 5.91 Å². The first kappa shape index (κ1) is 19.6. The number of carbonyl (C=O) groups excluding carboxylic acids is 2. The average Bonchev–Trinajstić information content (AvgIpc) is 3.28. The van der Waals surface area contributed by atoms with Crippen LogP contribution in [0.5, 0.6) is 0 Å². The number of sulfone groups is 1. The molecule has 0 saturated carbocycles. The van der Waals surface area contributed by atoms with Gasteiger partial charge in [0.1, 0.15) is 10.1 Å². The molecule has 0 radical (unpaired) electrons. The second-order valence-electron chi connectivity index (χ2n) is 5.81. The lowest BCUT2D eigenvalue weighted by molar-refractivity contribution is -0.124. The molecule has 7 nitrogen and oxygen atoms in total. The number of allylic oxidation sites excluding steroid dienone is 2. The topological polar surface area (TPSA) is 96.7 Å². The van der Waals surface area contributed by atoms with Crippen molar-refractivity contribution in [3.63, 3.8) is 0 Å². The number of nitrogens with one attached hydrogen (secondary N) is 1. The Kier molecular flexibility index (Phi) is 5.98. The van der Waals surface area contributed by atoms with E-state index in [0.29, 0.717) is 15.0 Å². The average molecular weight is 425 g/mol. The first-order chi connectivity index (χ1) is 12.8. The predicted molar refractivity (Wildman–Crippen MR) is 107 cm³/mol. The molecule has 2 amide bonds. The van der Waals surface area contributed by atoms with Crippen LogP contribution >= 0.6 is 24.0 Å². The summed E-state index contributed by atoms with van der Waals surface area (Å²) in [6.45, 7) is 0.138. The van der Waals surface area contributed by atoms with Crippen molar-refractivity contribution in [3.8, 4) is 0 Å². The van der Waals surface area contributed by atoms with Gasteiger partial charge in [0.15, 0.2) is 9.84 Å². The van der Waals surface area contributed by atoms with Crippen molar-refractivity contribution >= 4 is 56.0 Å². The molecule has 2 aliphatic rings. The molecule has 2 aliphatic heterocycles. The van der Waals surface area contributed by atoms with Crippen molar-refractivity contribution in [3.05, 3.63) is 52.7 Å². The van der Waals surface area contributed by atoms with Crippen LogP contribution in [-0.2, 0) is 19.4 Å². The van der Waals surface area contributed by atoms with Crippen LogP contribution in [0.3, 0.4) is 0 Å². The Morgan fingerprint density at radius 1 is 1.48 bits per heavy atom. The fourth-order valence-electron chi connectivity index (χ4n) is 2.48. The van der Waals surface area contributed by atoms with E-state index in [1.807, 2.05) is 0 Å². The molecule has 142 valence electrons. The lowest BCUT2D eigenvalue weighted by Gasteiger charge is -2.15. The Morgan fingerprint density at radius 2 is 2.30 bits per heavy atom. The molecule has 1 saturated heterocycles. The maximum absolute atomic E-state index is 12.4. The molecule has 10 heteroatoms. The first-order valence-electron chi connectivity index (χ1n) is 8.00. The highest BCUT2D eigenvalue weighted by Gasteiger charge is 2.32. The zero-order valence-electron chi connectivity index (χ0n) is 14.0. The summed E-state index contributed by atoms with van der Waals surface area (Å²) >= 11 is 6.38. The van der Waals surface area contributed by atoms with Gasteiger partial charge in [0.25, 0.3) is 5.91 Å². The maximum atomic E-state index is 12.4. The van der Waals surface area contributed by atoms with Crippen molar-refractivity contribution in [1.29, 1.82) is 0 Å². The largest absolute Gasteiger partial charge is 0.465 e. The summed E-state index contributed by atoms with van der Waals surface area (Å²) in [6, 6.07) is 3.03. The summed E-state index contributed by atoms with van der Waals surface area (Å²) in [5, 5.41) is 3.72. The Balaban J connectivity index is 1.51. The van der Waals surface area contributed by atoms with E-state index in [9.17, 15) is 18.0 Å². The molecule has 0 spiro atoms. The van der Waals surface area contributed by atoms with Gasteiger partial charge in [-0.05, 0) is 30.4 Å². The molecular weight excluding hydrogens is 408 g/mol. The molecule has 1 N–H and O–H groups in total. The van der Waals surface area contributed by atoms with E-state index in [4.69, 9.17) is 16.6 Å². The molecule has 1 aromatic heterocycles. The summed E-state index contributed by atoms with van der Waals surface area (Å²) in [6.07, 6.45) is 8.11. The van der Waals surface area contributed by atoms with Gasteiger partial charge >= 0.3 is 0 Å². The first-order valence-corrected chi connectivity index (χ1v) is 10.9. The Labute approximate surface area is 166 Å². The van der Waals surface area contributed by atoms with Gasteiger partial charge in [-0.1, -0.05) is 30.1 Å². The molecule has 3 heterocycles. The number of rotatable bonds is 6. The van der Waals surface area contributed by atoms with E-state index in [1.165, 1.54) is 22.7 Å². The van der Waals surface area contributed by atoms with Crippen LogP contribution in [0.15, 0.2) is 51.4 Å². The third-order valence-electron chi connectivity index (χ3n) is 3.76. The Hall–Kier alpha value is -2.17. The number of thiocarbonyl (C=S) groups is 1. The number of carbonyl (C=O) groups is 2. The maximum Gasteiger partial charge on any atom is 0.266 e. The van der Waals surface area contributed by atoms with Crippen LogP contribution in [0.1, 0.15) is 12.2 Å². The van der Waals surface area contributed by atoms with Crippen molar-refractivity contribution < 1.29 is 22.4 Å². The summed E-state index contributed by atoms with van der Waals surface area (Å²) in [4.78, 5) is 26.3. The quantitative estimate of drug-likeness (QED) is 0.550. The van der Waals surface area contributed by atoms with Crippen LogP contribution in [0.2, 0.25) is 0 Å². The van der Waals surface area contributed by atoms with E-state index in [0.717, 1.165) is 5.41 Å². The van der Waals surface area contributed by atoms with E-state index in [1.54, 1.807) is 36.6 Å². The lowest BCUT2D eigenvalue weighted by Crippen LogP contribution is -2.38. The van der Waals surface area contributed by atoms with Gasteiger partial charge in [0, 0.05) is 18.4 Å². The van der Waals surface area contributed by atoms with Gasteiger partial charge < -0.3 is 9.73 Å². The van der Waals surface area contributed by atoms with Gasteiger partial charge in [-0.2, -0.15) is 0 Å². The standard InChI is InChI=1S/C17H16N2O5S3/c20-15(18-12-7-10-27(22,23)11-12)6-8-19-16(21)14(26-17(19)25)5-1-3-13-4-2-9-24-13/h1-5,7,9-10,12H,6,8,11H2,(H,18,20)/b3-1-,14-5-. The number of furan rings is 1. The molecule has 1 atom stereocenters. The minimum Gasteiger partial charge on any atom is -0.465 e. The smallest absolute Gasteiger partial charge is 0.266 e. The van der Waals surface area contributed by atoms with E-state index in [2.05, 4.69) is 5.32 Å². The third-order valence-corrected chi connectivity index (χ3v) is 6.56. The molecule has 0 aliphatic carbocycles. The third kappa shape index (κ3) is 5.18. The summed E-state index contributed by atoms with van der Waals surface area (Å²) in [5.74, 6) is -0.0611. The highest BCUT2D eigenvalue weighted by atomic mass is 32.2. The predicted octanol–water partition coefficient (Wildman–Crippen LogP) is 1.85. The van der Waals surface area contributed by atoms with Crippen LogP contribution in [0, 0.1) is 0 Å². The fourth-order valence-corrected chi connectivity index (χ4v) is 4.98. The number of amides is 2. The number of nitrogens with zero attached hydrogens (tertiary/aromatic N) is 1. The number of hydrogen-bond acceptors (Lipinski definition) is 7. The number of hydrogen-bond donors (Lipinski definition) is 1. The molecule has 1 unspecified atom stereocenters. The molecule has 0 bridgehead atoms. The van der Waals surface area contributed by atoms with E-state index >= 15 is 0 Å². The SMILES string of the molecule is O=C(CCN1C(=O)/C(=C/C=C\c2ccco2)SC1=S)NC1C=CS(=O)(=O)C1. The van der Waals surface area contributed by atoms with E-state index < -0.39 is 15.9 Å². The molecule has 1 fully saturated rings. The lowest BCUT2D eigenvalue weighted by atomic mass is 10.3. The zero-order valence-corrected chi connectivity index (χ0v) is 16.5. The van der Waals surface area contributed by atoms with Crippen molar-refractivity contribution in [2.75, 3.05) is 12.3 Å². The van der Waals surface area contributed by atoms with Crippen LogP contribution < -0.4 is 5.32 Å². The molecule has 0 aromatic carbocycles. The van der Waals surface area contributed by atoms with Crippen LogP contribution in [0.4, 0.5) is 0 Å². The summed E-state index contributed by atoms with van der Waals surface area (Å²) in [5.41, 5.74) is 0. The van der Waals surface area contributed by atoms with Crippen molar-refractivity contribution in [2.45, 2.75) is 12.5 Å². The minimum absolute atomic E-state index is 0.0341. The van der Waals surface area contributed by atoms with Crippen molar-refractivity contribution in [1.82, 2.24) is 10.2 Å². The molecule has 27 heavy (non-hydrogen) atoms. The van der Waals surface area contributed by atoms with Gasteiger partial charge in [-0.3, -0.25) is 14.5 Å². The monoisotopic (exact) mass is 424 g/mol. The molecular formula is C17H16N2O5S3. The summed E-state index contributed by atoms with van der Waals surface area (Å²) < 4.78 is 28.2. The Bertz CT molecular complexity index is 945. The van der Waals surface area contributed by atoms with Gasteiger partial charge in [0.05, 0.1) is 23.0 Å². The summed E-state index contributed by atoms with van der Waals surface area (Å²) in [7, 11) is -3.23. The van der Waals surface area contributed by atoms with Gasteiger partial charge in [-0.15, -0.1) is 0 Å². The zero-order chi connectivity index (χ0) is 19.4. The molecule has 1 aromatic rings. The highest BCUT2D eigenvalue weighted by molar-refractivity contribution is 8.26. The second-order valence-corrected chi connectivity index (χ2v) is 9.42. The van der Waals surface area contributed by atoms with E-state index in [-0.39, 0.29) is 30.5 Å². The normalized spacial score (nSPS) is 23.0. The van der Waals surface area contributed by atoms with Crippen molar-refractivity contribution in [2.24, 2.45) is 0 Å². The van der Waals surface area contributed by atoms with Crippen LogP contribution in [0.25, 0.3) is 6.08 Å². The fraction of sp³-hybridized carbons (Fsp3) is 0.235. The Morgan fingerprint density at radius 3 is 2.96 bits per heavy atom.